The predicted molar refractivity (Wildman–Crippen MR) is 164 cm³/mol. The fourth-order valence-corrected chi connectivity index (χ4v) is 5.29. The number of hydrogen-bond donors (Lipinski definition) is 0. The molecule has 0 bridgehead atoms. The molecule has 1 aromatic heterocycles. The van der Waals surface area contributed by atoms with Crippen LogP contribution in [0.1, 0.15) is 30.4 Å². The van der Waals surface area contributed by atoms with Gasteiger partial charge in [-0.15, -0.1) is 47.5 Å². The Hall–Kier alpha value is -4.01. The maximum atomic E-state index is 7.99. The van der Waals surface area contributed by atoms with Gasteiger partial charge in [0.1, 0.15) is 0 Å². The average molecular weight is 718 g/mol. The fraction of sp³-hybridized carbons (Fsp3) is 0.139. The van der Waals surface area contributed by atoms with E-state index in [9.17, 15) is 0 Å². The molecule has 0 atom stereocenters. The second-order valence-corrected chi connectivity index (χ2v) is 11.0. The largest absolute Gasteiger partial charge is 4.00 e. The molecule has 0 saturated heterocycles. The van der Waals surface area contributed by atoms with Crippen molar-refractivity contribution in [1.82, 2.24) is 4.57 Å². The molecule has 4 nitrogen and oxygen atoms in total. The number of hydrogen-bond acceptors (Lipinski definition) is 3. The third-order valence-electron chi connectivity index (χ3n) is 7.31. The molecule has 0 saturated carbocycles. The zero-order valence-electron chi connectivity index (χ0n) is 25.9. The zero-order valence-corrected chi connectivity index (χ0v) is 25.2. The van der Waals surface area contributed by atoms with E-state index in [0.29, 0.717) is 22.9 Å². The molecule has 0 unspecified atom stereocenters. The van der Waals surface area contributed by atoms with Gasteiger partial charge >= 0.3 is 21.1 Å². The van der Waals surface area contributed by atoms with Crippen LogP contribution in [0.5, 0.6) is 11.5 Å². The normalized spacial score (nSPS) is 14.4. The molecule has 0 fully saturated rings. The summed E-state index contributed by atoms with van der Waals surface area (Å²) in [6.07, 6.45) is 0. The van der Waals surface area contributed by atoms with Gasteiger partial charge in [-0.1, -0.05) is 62.3 Å². The Bertz CT molecular complexity index is 1990. The maximum absolute atomic E-state index is 7.99. The minimum atomic E-state index is -2.31. The van der Waals surface area contributed by atoms with Crippen molar-refractivity contribution in [2.45, 2.75) is 26.2 Å². The van der Waals surface area contributed by atoms with Gasteiger partial charge in [-0.25, -0.2) is 0 Å². The van der Waals surface area contributed by atoms with Crippen molar-refractivity contribution < 1.29 is 29.9 Å². The molecule has 2 heterocycles. The van der Waals surface area contributed by atoms with Crippen LogP contribution in [0.25, 0.3) is 27.5 Å². The molecule has 1 aliphatic heterocycles. The van der Waals surface area contributed by atoms with E-state index >= 15 is 0 Å². The standard InChI is InChI=1S/C36H29N3O.Pt/c1-36(2,3)25-11-9-13-27(21-25)39-32-16-6-5-15-30(32)31-20-19-29(23-35(31)39)40-28-14-10-12-26(22-28)38-24-37(4)33-17-7-8-18-34(33)38;/h5-12,14-21,24H,1-4H3;/q-4;+4/i4D3;. The SMILES string of the molecule is [2H]C([2H])([2H])N1[CH-]N(c2[c-]c(Oc3[c-]c4c(cc3)c3ccccc3n4-c3[c-]ccc(C(C)(C)C)c3)ccc2)c2ccccc21.[Pt+4]. The van der Waals surface area contributed by atoms with Gasteiger partial charge in [0.25, 0.3) is 0 Å². The van der Waals surface area contributed by atoms with Crippen molar-refractivity contribution in [3.05, 3.63) is 127 Å². The topological polar surface area (TPSA) is 20.6 Å². The molecule has 5 heteroatoms. The Balaban J connectivity index is 0.00000343. The second kappa shape index (κ2) is 10.4. The molecule has 6 aromatic rings. The third kappa shape index (κ3) is 4.81. The molecule has 5 aromatic carbocycles. The van der Waals surface area contributed by atoms with Gasteiger partial charge in [-0.3, -0.25) is 0 Å². The molecule has 0 N–H and O–H groups in total. The minimum absolute atomic E-state index is 0. The fourth-order valence-electron chi connectivity index (χ4n) is 5.29. The molecular formula is C36H29N3OPt. The van der Waals surface area contributed by atoms with E-state index in [2.05, 4.69) is 73.9 Å². The van der Waals surface area contributed by atoms with E-state index in [4.69, 9.17) is 8.85 Å². The van der Waals surface area contributed by atoms with Crippen LogP contribution in [0, 0.1) is 24.9 Å². The van der Waals surface area contributed by atoms with Crippen LogP contribution in [-0.4, -0.2) is 11.5 Å². The molecule has 1 aliphatic rings. The van der Waals surface area contributed by atoms with Gasteiger partial charge in [0.2, 0.25) is 0 Å². The van der Waals surface area contributed by atoms with Crippen molar-refractivity contribution in [3.63, 3.8) is 0 Å². The number of nitrogens with zero attached hydrogens (tertiary/aromatic N) is 3. The summed E-state index contributed by atoms with van der Waals surface area (Å²) in [5.41, 5.74) is 6.18. The van der Waals surface area contributed by atoms with Crippen LogP contribution >= 0.6 is 0 Å². The van der Waals surface area contributed by atoms with Gasteiger partial charge in [0.05, 0.1) is 0 Å². The number of anilines is 3. The predicted octanol–water partition coefficient (Wildman–Crippen LogP) is 8.98. The Labute approximate surface area is 260 Å². The quantitative estimate of drug-likeness (QED) is 0.170. The number of fused-ring (bicyclic) bond motifs is 4. The summed E-state index contributed by atoms with van der Waals surface area (Å²) in [6.45, 7) is 5.90. The van der Waals surface area contributed by atoms with E-state index in [1.807, 2.05) is 65.6 Å². The van der Waals surface area contributed by atoms with E-state index < -0.39 is 6.98 Å². The minimum Gasteiger partial charge on any atom is -0.509 e. The molecule has 0 aliphatic carbocycles. The van der Waals surface area contributed by atoms with Crippen LogP contribution in [0.15, 0.2) is 97.1 Å². The number of rotatable bonds is 4. The number of benzene rings is 5. The summed E-state index contributed by atoms with van der Waals surface area (Å²) in [5.74, 6) is 1.04. The Morgan fingerprint density at radius 2 is 1.56 bits per heavy atom. The van der Waals surface area contributed by atoms with Crippen LogP contribution in [0.4, 0.5) is 17.1 Å². The first-order valence-electron chi connectivity index (χ1n) is 14.8. The molecule has 0 amide bonds. The summed E-state index contributed by atoms with van der Waals surface area (Å²) in [7, 11) is 0. The van der Waals surface area contributed by atoms with Crippen molar-refractivity contribution in [2.75, 3.05) is 16.8 Å². The molecule has 0 radical (unpaired) electrons. The van der Waals surface area contributed by atoms with Crippen molar-refractivity contribution in [3.8, 4) is 17.2 Å². The Morgan fingerprint density at radius 1 is 0.780 bits per heavy atom. The van der Waals surface area contributed by atoms with Crippen LogP contribution in [0.2, 0.25) is 0 Å². The van der Waals surface area contributed by atoms with E-state index in [1.54, 1.807) is 12.7 Å². The summed E-state index contributed by atoms with van der Waals surface area (Å²) in [6, 6.07) is 41.9. The van der Waals surface area contributed by atoms with Crippen LogP contribution in [-0.2, 0) is 26.5 Å². The van der Waals surface area contributed by atoms with E-state index in [1.165, 1.54) is 10.5 Å². The van der Waals surface area contributed by atoms with Crippen molar-refractivity contribution in [1.29, 1.82) is 0 Å². The summed E-state index contributed by atoms with van der Waals surface area (Å²) in [4.78, 5) is 3.12. The first kappa shape index (κ1) is 23.7. The molecule has 7 rings (SSSR count). The van der Waals surface area contributed by atoms with Gasteiger partial charge in [0, 0.05) is 32.5 Å². The number of para-hydroxylation sites is 3. The van der Waals surface area contributed by atoms with Gasteiger partial charge in [0.15, 0.2) is 0 Å². The third-order valence-corrected chi connectivity index (χ3v) is 7.31. The van der Waals surface area contributed by atoms with Crippen LogP contribution in [0.3, 0.4) is 0 Å². The first-order chi connectivity index (χ1) is 20.6. The maximum Gasteiger partial charge on any atom is 4.00 e. The molecule has 41 heavy (non-hydrogen) atoms. The number of ether oxygens (including phenoxy) is 1. The van der Waals surface area contributed by atoms with E-state index in [0.717, 1.165) is 33.2 Å². The van der Waals surface area contributed by atoms with Gasteiger partial charge < -0.3 is 19.1 Å². The summed E-state index contributed by atoms with van der Waals surface area (Å²) >= 11 is 0. The summed E-state index contributed by atoms with van der Waals surface area (Å²) < 4.78 is 32.5. The smallest absolute Gasteiger partial charge is 0.509 e. The second-order valence-electron chi connectivity index (χ2n) is 11.0. The molecule has 204 valence electrons. The molecular weight excluding hydrogens is 685 g/mol. The van der Waals surface area contributed by atoms with Crippen LogP contribution < -0.4 is 14.5 Å². The molecule has 0 spiro atoms. The summed E-state index contributed by atoms with van der Waals surface area (Å²) in [5, 5.41) is 2.20. The average Bonchev–Trinajstić information content (AvgIpc) is 3.53. The van der Waals surface area contributed by atoms with Gasteiger partial charge in [-0.2, -0.15) is 42.6 Å². The Kier molecular flexibility index (Phi) is 6.02. The monoisotopic (exact) mass is 717 g/mol. The van der Waals surface area contributed by atoms with Gasteiger partial charge in [-0.05, 0) is 36.0 Å². The Morgan fingerprint density at radius 3 is 2.39 bits per heavy atom. The van der Waals surface area contributed by atoms with Crippen molar-refractivity contribution in [2.24, 2.45) is 0 Å². The van der Waals surface area contributed by atoms with E-state index in [-0.39, 0.29) is 26.5 Å². The number of aromatic nitrogens is 1. The first-order valence-corrected chi connectivity index (χ1v) is 13.3. The zero-order chi connectivity index (χ0) is 29.9. The van der Waals surface area contributed by atoms with Crippen molar-refractivity contribution >= 4 is 38.9 Å².